The summed E-state index contributed by atoms with van der Waals surface area (Å²) in [5, 5.41) is 20.5. The predicted molar refractivity (Wildman–Crippen MR) is 63.9 cm³/mol. The normalized spacial score (nSPS) is 15.6. The molecule has 7 nitrogen and oxygen atoms in total. The van der Waals surface area contributed by atoms with Gasteiger partial charge in [-0.25, -0.2) is 4.68 Å². The van der Waals surface area contributed by atoms with Gasteiger partial charge in [0.15, 0.2) is 5.82 Å². The Balaban J connectivity index is 1.98. The van der Waals surface area contributed by atoms with E-state index in [9.17, 15) is 4.79 Å². The second kappa shape index (κ2) is 5.43. The fourth-order valence-corrected chi connectivity index (χ4v) is 1.86. The van der Waals surface area contributed by atoms with Crippen molar-refractivity contribution in [3.05, 3.63) is 5.82 Å². The highest BCUT2D eigenvalue weighted by Gasteiger charge is 2.28. The zero-order valence-electron chi connectivity index (χ0n) is 10.8. The second-order valence-corrected chi connectivity index (χ2v) is 4.98. The van der Waals surface area contributed by atoms with Crippen LogP contribution in [0.2, 0.25) is 0 Å². The van der Waals surface area contributed by atoms with Gasteiger partial charge in [-0.15, -0.1) is 5.10 Å². The minimum atomic E-state index is -0.776. The minimum absolute atomic E-state index is 0.142. The largest absolute Gasteiger partial charge is 0.481 e. The van der Waals surface area contributed by atoms with Crippen LogP contribution in [0.1, 0.15) is 45.0 Å². The van der Waals surface area contributed by atoms with Gasteiger partial charge in [0.2, 0.25) is 0 Å². The molecule has 0 bridgehead atoms. The lowest BCUT2D eigenvalue weighted by Crippen LogP contribution is -2.33. The molecule has 1 heterocycles. The van der Waals surface area contributed by atoms with E-state index in [1.54, 1.807) is 0 Å². The van der Waals surface area contributed by atoms with E-state index in [4.69, 9.17) is 5.11 Å². The number of tetrazole rings is 1. The summed E-state index contributed by atoms with van der Waals surface area (Å²) in [6.45, 7) is 5.22. The summed E-state index contributed by atoms with van der Waals surface area (Å²) in [6, 6.07) is 0.720. The van der Waals surface area contributed by atoms with Crippen LogP contribution in [0, 0.1) is 0 Å². The molecule has 0 radical (unpaired) electrons. The number of hydrogen-bond acceptors (Lipinski definition) is 5. The summed E-state index contributed by atoms with van der Waals surface area (Å²) in [5.41, 5.74) is 0. The summed E-state index contributed by atoms with van der Waals surface area (Å²) < 4.78 is 1.87. The first-order valence-corrected chi connectivity index (χ1v) is 6.30. The number of hydrogen-bond donors (Lipinski definition) is 1. The van der Waals surface area contributed by atoms with Crippen molar-refractivity contribution in [2.45, 2.75) is 51.7 Å². The van der Waals surface area contributed by atoms with Gasteiger partial charge >= 0.3 is 5.97 Å². The average Bonchev–Trinajstić information content (AvgIpc) is 3.04. The van der Waals surface area contributed by atoms with E-state index >= 15 is 0 Å². The maximum atomic E-state index is 10.6. The molecule has 2 rings (SSSR count). The molecule has 1 saturated carbocycles. The molecule has 1 fully saturated rings. The van der Waals surface area contributed by atoms with Crippen molar-refractivity contribution in [1.29, 1.82) is 0 Å². The molecule has 1 aliphatic rings. The van der Waals surface area contributed by atoms with Gasteiger partial charge < -0.3 is 5.11 Å². The Bertz CT molecular complexity index is 413. The molecule has 0 amide bonds. The lowest BCUT2D eigenvalue weighted by atomic mass is 10.2. The van der Waals surface area contributed by atoms with Crippen molar-refractivity contribution >= 4 is 5.97 Å². The van der Waals surface area contributed by atoms with Crippen molar-refractivity contribution in [3.63, 3.8) is 0 Å². The van der Waals surface area contributed by atoms with E-state index in [0.29, 0.717) is 19.1 Å². The fraction of sp³-hybridized carbons (Fsp3) is 0.818. The second-order valence-electron chi connectivity index (χ2n) is 4.98. The molecule has 0 aliphatic heterocycles. The Kier molecular flexibility index (Phi) is 3.90. The minimum Gasteiger partial charge on any atom is -0.481 e. The lowest BCUT2D eigenvalue weighted by Gasteiger charge is -2.24. The summed E-state index contributed by atoms with van der Waals surface area (Å²) in [4.78, 5) is 12.7. The molecule has 0 aromatic carbocycles. The number of carboxylic acid groups (broad SMARTS) is 1. The van der Waals surface area contributed by atoms with Crippen molar-refractivity contribution < 1.29 is 9.90 Å². The Morgan fingerprint density at radius 1 is 1.56 bits per heavy atom. The van der Waals surface area contributed by atoms with Crippen LogP contribution < -0.4 is 0 Å². The average molecular weight is 253 g/mol. The van der Waals surface area contributed by atoms with Crippen LogP contribution in [0.15, 0.2) is 0 Å². The molecule has 0 saturated heterocycles. The van der Waals surface area contributed by atoms with Crippen molar-refractivity contribution in [2.75, 3.05) is 6.54 Å². The summed E-state index contributed by atoms with van der Waals surface area (Å²) >= 11 is 0. The number of aromatic nitrogens is 4. The quantitative estimate of drug-likeness (QED) is 0.769. The van der Waals surface area contributed by atoms with Crippen LogP contribution in [0.25, 0.3) is 0 Å². The summed E-state index contributed by atoms with van der Waals surface area (Å²) in [5.74, 6) is 0.0547. The monoisotopic (exact) mass is 253 g/mol. The maximum absolute atomic E-state index is 10.6. The topological polar surface area (TPSA) is 84.1 Å². The third kappa shape index (κ3) is 3.25. The van der Waals surface area contributed by atoms with E-state index in [0.717, 1.165) is 18.7 Å². The van der Waals surface area contributed by atoms with E-state index in [1.165, 1.54) is 0 Å². The van der Waals surface area contributed by atoms with Gasteiger partial charge in [-0.05, 0) is 37.1 Å². The zero-order chi connectivity index (χ0) is 13.1. The van der Waals surface area contributed by atoms with Crippen LogP contribution >= 0.6 is 0 Å². The molecule has 1 aromatic heterocycles. The number of nitrogens with zero attached hydrogens (tertiary/aromatic N) is 5. The molecule has 1 aliphatic carbocycles. The Hall–Kier alpha value is -1.50. The molecule has 18 heavy (non-hydrogen) atoms. The first kappa shape index (κ1) is 12.9. The van der Waals surface area contributed by atoms with Gasteiger partial charge in [-0.3, -0.25) is 9.69 Å². The SMILES string of the molecule is CC(C)N(CCC(=O)O)Cc1nnnn1C1CC1. The molecule has 0 unspecified atom stereocenters. The Morgan fingerprint density at radius 3 is 2.83 bits per heavy atom. The van der Waals surface area contributed by atoms with E-state index in [2.05, 4.69) is 20.4 Å². The third-order valence-corrected chi connectivity index (χ3v) is 3.14. The predicted octanol–water partition coefficient (Wildman–Crippen LogP) is 0.693. The third-order valence-electron chi connectivity index (χ3n) is 3.14. The first-order chi connectivity index (χ1) is 8.58. The highest BCUT2D eigenvalue weighted by atomic mass is 16.4. The molecular formula is C11H19N5O2. The van der Waals surface area contributed by atoms with Crippen molar-refractivity contribution in [1.82, 2.24) is 25.1 Å². The van der Waals surface area contributed by atoms with E-state index < -0.39 is 5.97 Å². The highest BCUT2D eigenvalue weighted by Crippen LogP contribution is 2.34. The van der Waals surface area contributed by atoms with E-state index in [-0.39, 0.29) is 12.5 Å². The van der Waals surface area contributed by atoms with Crippen molar-refractivity contribution in [3.8, 4) is 0 Å². The smallest absolute Gasteiger partial charge is 0.304 e. The molecule has 1 aromatic rings. The van der Waals surface area contributed by atoms with Gasteiger partial charge in [0.05, 0.1) is 19.0 Å². The molecule has 7 heteroatoms. The molecule has 100 valence electrons. The van der Waals surface area contributed by atoms with Gasteiger partial charge in [-0.2, -0.15) is 0 Å². The Labute approximate surface area is 106 Å². The highest BCUT2D eigenvalue weighted by molar-refractivity contribution is 5.66. The van der Waals surface area contributed by atoms with E-state index in [1.807, 2.05) is 18.5 Å². The lowest BCUT2D eigenvalue weighted by molar-refractivity contribution is -0.137. The summed E-state index contributed by atoms with van der Waals surface area (Å²) in [6.07, 6.45) is 2.41. The van der Waals surface area contributed by atoms with Gasteiger partial charge in [0, 0.05) is 12.6 Å². The standard InChI is InChI=1S/C11H19N5O2/c1-8(2)15(6-5-11(17)18)7-10-12-13-14-16(10)9-3-4-9/h8-9H,3-7H2,1-2H3,(H,17,18). The van der Waals surface area contributed by atoms with Gasteiger partial charge in [-0.1, -0.05) is 0 Å². The number of carbonyl (C=O) groups is 1. The molecule has 0 spiro atoms. The van der Waals surface area contributed by atoms with Crippen LogP contribution in [-0.4, -0.2) is 48.8 Å². The number of rotatable bonds is 7. The fourth-order valence-electron chi connectivity index (χ4n) is 1.86. The molecule has 0 atom stereocenters. The Morgan fingerprint density at radius 2 is 2.28 bits per heavy atom. The summed E-state index contributed by atoms with van der Waals surface area (Å²) in [7, 11) is 0. The van der Waals surface area contributed by atoms with Gasteiger partial charge in [0.1, 0.15) is 0 Å². The van der Waals surface area contributed by atoms with Crippen LogP contribution in [0.4, 0.5) is 0 Å². The molecule has 1 N–H and O–H groups in total. The maximum Gasteiger partial charge on any atom is 0.304 e. The van der Waals surface area contributed by atoms with Gasteiger partial charge in [0.25, 0.3) is 0 Å². The molecular weight excluding hydrogens is 234 g/mol. The van der Waals surface area contributed by atoms with Crippen LogP contribution in [0.3, 0.4) is 0 Å². The van der Waals surface area contributed by atoms with Crippen LogP contribution in [0.5, 0.6) is 0 Å². The van der Waals surface area contributed by atoms with Crippen LogP contribution in [-0.2, 0) is 11.3 Å². The number of carboxylic acids is 1. The first-order valence-electron chi connectivity index (χ1n) is 6.30. The zero-order valence-corrected chi connectivity index (χ0v) is 10.8. The number of aliphatic carboxylic acids is 1. The van der Waals surface area contributed by atoms with Crippen molar-refractivity contribution in [2.24, 2.45) is 0 Å².